The maximum absolute atomic E-state index is 3.97. The number of hydrogen-bond acceptors (Lipinski definition) is 4. The van der Waals surface area contributed by atoms with Crippen LogP contribution in [-0.2, 0) is 0 Å². The van der Waals surface area contributed by atoms with E-state index in [1.807, 2.05) is 11.3 Å². The molecule has 2 aliphatic rings. The van der Waals surface area contributed by atoms with Gasteiger partial charge in [0.1, 0.15) is 0 Å². The first kappa shape index (κ1) is 15.9. The fourth-order valence-corrected chi connectivity index (χ4v) is 6.08. The minimum Gasteiger partial charge on any atom is -0.307 e. The lowest BCUT2D eigenvalue weighted by Crippen LogP contribution is -2.50. The van der Waals surface area contributed by atoms with Gasteiger partial charge in [-0.15, -0.1) is 23.1 Å². The van der Waals surface area contributed by atoms with Gasteiger partial charge in [-0.05, 0) is 57.0 Å². The van der Waals surface area contributed by atoms with Gasteiger partial charge in [0.2, 0.25) is 0 Å². The van der Waals surface area contributed by atoms with Crippen LogP contribution in [0.5, 0.6) is 0 Å². The van der Waals surface area contributed by atoms with E-state index in [1.165, 1.54) is 32.4 Å². The molecule has 0 aromatic carbocycles. The first-order chi connectivity index (χ1) is 9.93. The number of thiophene rings is 1. The van der Waals surface area contributed by atoms with Crippen molar-refractivity contribution in [2.75, 3.05) is 13.1 Å². The lowest BCUT2D eigenvalue weighted by Gasteiger charge is -2.42. The first-order valence-corrected chi connectivity index (χ1v) is 9.94. The highest BCUT2D eigenvalue weighted by Crippen LogP contribution is 2.44. The van der Waals surface area contributed by atoms with E-state index in [9.17, 15) is 0 Å². The summed E-state index contributed by atoms with van der Waals surface area (Å²) in [6.45, 7) is 11.8. The van der Waals surface area contributed by atoms with E-state index in [0.29, 0.717) is 17.6 Å². The molecular weight excluding hydrogens is 296 g/mol. The van der Waals surface area contributed by atoms with Crippen LogP contribution in [0.2, 0.25) is 0 Å². The van der Waals surface area contributed by atoms with Crippen molar-refractivity contribution in [2.45, 2.75) is 74.0 Å². The van der Waals surface area contributed by atoms with E-state index >= 15 is 0 Å². The van der Waals surface area contributed by atoms with Crippen molar-refractivity contribution in [3.8, 4) is 0 Å². The van der Waals surface area contributed by atoms with Gasteiger partial charge in [-0.25, -0.2) is 0 Å². The molecule has 2 nitrogen and oxygen atoms in total. The Morgan fingerprint density at radius 3 is 2.62 bits per heavy atom. The fraction of sp³-hybridized carbons (Fsp3) is 0.765. The number of nitrogens with one attached hydrogen (secondary N) is 1. The van der Waals surface area contributed by atoms with Gasteiger partial charge in [0, 0.05) is 36.0 Å². The van der Waals surface area contributed by atoms with Crippen LogP contribution in [0.3, 0.4) is 0 Å². The van der Waals surface area contributed by atoms with Gasteiger partial charge in [-0.3, -0.25) is 4.90 Å². The van der Waals surface area contributed by atoms with Gasteiger partial charge in [-0.2, -0.15) is 0 Å². The van der Waals surface area contributed by atoms with Crippen molar-refractivity contribution in [1.82, 2.24) is 10.2 Å². The molecule has 118 valence electrons. The van der Waals surface area contributed by atoms with Crippen LogP contribution >= 0.6 is 23.1 Å². The van der Waals surface area contributed by atoms with Crippen LogP contribution in [0, 0.1) is 0 Å². The summed E-state index contributed by atoms with van der Waals surface area (Å²) in [6.07, 6.45) is 3.84. The number of hydrogen-bond donors (Lipinski definition) is 1. The molecule has 3 heterocycles. The molecule has 0 bridgehead atoms. The maximum Gasteiger partial charge on any atom is 0.0649 e. The zero-order valence-corrected chi connectivity index (χ0v) is 15.3. The van der Waals surface area contributed by atoms with Gasteiger partial charge in [0.25, 0.3) is 0 Å². The molecule has 0 radical (unpaired) electrons. The van der Waals surface area contributed by atoms with Crippen LogP contribution in [0.25, 0.3) is 0 Å². The minimum absolute atomic E-state index is 0.321. The molecule has 0 spiro atoms. The van der Waals surface area contributed by atoms with Crippen molar-refractivity contribution in [3.05, 3.63) is 17.0 Å². The standard InChI is InChI=1S/C17H28N2S2/c1-12-11-15(14-7-10-20-16(14)21-12)18-13-5-8-19(9-6-13)17(2,3)4/h7,10,12-13,15,18H,5-6,8-9,11H2,1-4H3/t12-,15?/m0/s1. The van der Waals surface area contributed by atoms with Crippen LogP contribution in [0.15, 0.2) is 15.7 Å². The van der Waals surface area contributed by atoms with Crippen molar-refractivity contribution >= 4 is 23.1 Å². The predicted octanol–water partition coefficient (Wildman–Crippen LogP) is 4.53. The third kappa shape index (κ3) is 3.66. The summed E-state index contributed by atoms with van der Waals surface area (Å²) < 4.78 is 1.54. The Hall–Kier alpha value is -0.0300. The van der Waals surface area contributed by atoms with Gasteiger partial charge < -0.3 is 5.32 Å². The summed E-state index contributed by atoms with van der Waals surface area (Å²) in [4.78, 5) is 2.63. The average Bonchev–Trinajstić information content (AvgIpc) is 2.86. The second kappa shape index (κ2) is 6.23. The molecule has 4 heteroatoms. The normalized spacial score (nSPS) is 28.6. The average molecular weight is 325 g/mol. The molecule has 3 rings (SSSR count). The Morgan fingerprint density at radius 2 is 1.95 bits per heavy atom. The van der Waals surface area contributed by atoms with Crippen LogP contribution in [0.4, 0.5) is 0 Å². The highest BCUT2D eigenvalue weighted by atomic mass is 32.2. The molecule has 1 saturated heterocycles. The molecular formula is C17H28N2S2. The summed E-state index contributed by atoms with van der Waals surface area (Å²) in [6, 6.07) is 3.60. The van der Waals surface area contributed by atoms with Crippen molar-refractivity contribution < 1.29 is 0 Å². The molecule has 1 N–H and O–H groups in total. The minimum atomic E-state index is 0.321. The highest BCUT2D eigenvalue weighted by Gasteiger charge is 2.31. The Labute approximate surface area is 137 Å². The number of fused-ring (bicyclic) bond motifs is 1. The second-order valence-corrected chi connectivity index (χ2v) is 10.1. The van der Waals surface area contributed by atoms with E-state index in [4.69, 9.17) is 0 Å². The fourth-order valence-electron chi connectivity index (χ4n) is 3.51. The maximum atomic E-state index is 3.97. The Balaban J connectivity index is 1.59. The number of thioether (sulfide) groups is 1. The number of piperidine rings is 1. The predicted molar refractivity (Wildman–Crippen MR) is 94.5 cm³/mol. The van der Waals surface area contributed by atoms with E-state index in [0.717, 1.165) is 5.25 Å². The summed E-state index contributed by atoms with van der Waals surface area (Å²) in [7, 11) is 0. The van der Waals surface area contributed by atoms with Crippen LogP contribution < -0.4 is 5.32 Å². The lowest BCUT2D eigenvalue weighted by molar-refractivity contribution is 0.0933. The summed E-state index contributed by atoms with van der Waals surface area (Å²) in [5.41, 5.74) is 1.88. The van der Waals surface area contributed by atoms with Gasteiger partial charge in [0.05, 0.1) is 4.21 Å². The quantitative estimate of drug-likeness (QED) is 0.860. The molecule has 1 aromatic rings. The third-order valence-electron chi connectivity index (χ3n) is 4.79. The van der Waals surface area contributed by atoms with Crippen molar-refractivity contribution in [1.29, 1.82) is 0 Å². The summed E-state index contributed by atoms with van der Waals surface area (Å²) in [5.74, 6) is 0. The van der Waals surface area contributed by atoms with E-state index in [1.54, 1.807) is 9.77 Å². The monoisotopic (exact) mass is 324 g/mol. The van der Waals surface area contributed by atoms with Gasteiger partial charge in [-0.1, -0.05) is 6.92 Å². The molecule has 21 heavy (non-hydrogen) atoms. The molecule has 0 saturated carbocycles. The van der Waals surface area contributed by atoms with Gasteiger partial charge >= 0.3 is 0 Å². The second-order valence-electron chi connectivity index (χ2n) is 7.48. The zero-order chi connectivity index (χ0) is 15.0. The van der Waals surface area contributed by atoms with E-state index < -0.39 is 0 Å². The molecule has 0 amide bonds. The largest absolute Gasteiger partial charge is 0.307 e. The molecule has 2 atom stereocenters. The summed E-state index contributed by atoms with van der Waals surface area (Å²) >= 11 is 3.97. The van der Waals surface area contributed by atoms with Crippen LogP contribution in [0.1, 0.15) is 58.6 Å². The Kier molecular flexibility index (Phi) is 4.70. The van der Waals surface area contributed by atoms with Crippen molar-refractivity contribution in [2.24, 2.45) is 0 Å². The topological polar surface area (TPSA) is 15.3 Å². The Bertz CT molecular complexity index is 469. The van der Waals surface area contributed by atoms with Gasteiger partial charge in [0.15, 0.2) is 0 Å². The van der Waals surface area contributed by atoms with E-state index in [2.05, 4.69) is 61.1 Å². The highest BCUT2D eigenvalue weighted by molar-refractivity contribution is 8.01. The lowest BCUT2D eigenvalue weighted by atomic mass is 9.96. The number of nitrogens with zero attached hydrogens (tertiary/aromatic N) is 1. The number of likely N-dealkylation sites (tertiary alicyclic amines) is 1. The molecule has 1 unspecified atom stereocenters. The molecule has 0 aliphatic carbocycles. The SMILES string of the molecule is C[C@H]1CC(NC2CCN(C(C)(C)C)CC2)c2ccsc2S1. The molecule has 1 fully saturated rings. The Morgan fingerprint density at radius 1 is 1.24 bits per heavy atom. The summed E-state index contributed by atoms with van der Waals surface area (Å²) in [5, 5.41) is 6.96. The smallest absolute Gasteiger partial charge is 0.0649 e. The van der Waals surface area contributed by atoms with Crippen molar-refractivity contribution in [3.63, 3.8) is 0 Å². The first-order valence-electron chi connectivity index (χ1n) is 8.18. The molecule has 2 aliphatic heterocycles. The van der Waals surface area contributed by atoms with Crippen LogP contribution in [-0.4, -0.2) is 34.8 Å². The zero-order valence-electron chi connectivity index (χ0n) is 13.7. The third-order valence-corrected chi connectivity index (χ3v) is 7.13. The molecule has 1 aromatic heterocycles. The number of rotatable bonds is 2. The van der Waals surface area contributed by atoms with E-state index in [-0.39, 0.29) is 0 Å².